The molecule has 1 amide bonds. The molecule has 4 nitrogen and oxygen atoms in total. The molecule has 0 bridgehead atoms. The summed E-state index contributed by atoms with van der Waals surface area (Å²) < 4.78 is 27.8. The molecule has 0 aliphatic carbocycles. The number of carbonyl (C=O) groups is 1. The molecule has 0 atom stereocenters. The van der Waals surface area contributed by atoms with Gasteiger partial charge in [0.15, 0.2) is 0 Å². The number of halogens is 2. The third kappa shape index (κ3) is 2.03. The minimum atomic E-state index is -3.63. The maximum absolute atomic E-state index is 13.9. The number of fused-ring (bicyclic) bond motifs is 1. The Labute approximate surface area is 104 Å². The van der Waals surface area contributed by atoms with Crippen LogP contribution in [0, 0.1) is 6.92 Å². The monoisotopic (exact) mass is 255 g/mol. The fourth-order valence-electron chi connectivity index (χ4n) is 2.23. The molecule has 0 spiro atoms. The highest BCUT2D eigenvalue weighted by atomic mass is 19.3. The number of carbonyl (C=O) groups excluding carboxylic acids is 1. The first-order chi connectivity index (χ1) is 8.46. The maximum atomic E-state index is 13.9. The van der Waals surface area contributed by atoms with Gasteiger partial charge in [-0.2, -0.15) is 8.78 Å². The lowest BCUT2D eigenvalue weighted by Crippen LogP contribution is -2.56. The second-order valence-corrected chi connectivity index (χ2v) is 4.40. The summed E-state index contributed by atoms with van der Waals surface area (Å²) in [5.41, 5.74) is 3.77. The molecule has 98 valence electrons. The van der Waals surface area contributed by atoms with Gasteiger partial charge in [-0.1, -0.05) is 17.7 Å². The summed E-state index contributed by atoms with van der Waals surface area (Å²) in [6.07, 6.45) is 1.33. The van der Waals surface area contributed by atoms with E-state index in [0.717, 1.165) is 22.4 Å². The standard InChI is InChI=1S/C12H15F2N3O/c1-8-4-5-10-9(7-8)3-2-6-17(10)12(13,14)11(18)16-15/h4-5,7H,2-3,6,15H2,1H3,(H,16,18). The van der Waals surface area contributed by atoms with Gasteiger partial charge in [0, 0.05) is 12.2 Å². The zero-order valence-electron chi connectivity index (χ0n) is 10.0. The molecule has 0 radical (unpaired) electrons. The van der Waals surface area contributed by atoms with Crippen LogP contribution in [0.1, 0.15) is 17.5 Å². The van der Waals surface area contributed by atoms with Crippen LogP contribution in [0.25, 0.3) is 0 Å². The number of benzene rings is 1. The van der Waals surface area contributed by atoms with Gasteiger partial charge < -0.3 is 4.90 Å². The van der Waals surface area contributed by atoms with Crippen molar-refractivity contribution in [3.05, 3.63) is 29.3 Å². The molecule has 1 aliphatic rings. The van der Waals surface area contributed by atoms with E-state index in [0.29, 0.717) is 12.1 Å². The van der Waals surface area contributed by atoms with E-state index in [4.69, 9.17) is 5.84 Å². The van der Waals surface area contributed by atoms with Gasteiger partial charge in [-0.05, 0) is 31.4 Å². The Kier molecular flexibility index (Phi) is 3.21. The van der Waals surface area contributed by atoms with Crippen molar-refractivity contribution in [2.75, 3.05) is 11.4 Å². The molecule has 1 aromatic carbocycles. The van der Waals surface area contributed by atoms with Gasteiger partial charge in [0.25, 0.3) is 0 Å². The normalized spacial score (nSPS) is 15.2. The molecule has 1 aliphatic heterocycles. The van der Waals surface area contributed by atoms with E-state index in [1.54, 1.807) is 12.1 Å². The third-order valence-electron chi connectivity index (χ3n) is 3.10. The number of anilines is 1. The van der Waals surface area contributed by atoms with Crippen LogP contribution in [0.3, 0.4) is 0 Å². The summed E-state index contributed by atoms with van der Waals surface area (Å²) in [6, 6.07) is 1.63. The Morgan fingerprint density at radius 3 is 2.89 bits per heavy atom. The molecule has 0 saturated heterocycles. The minimum absolute atomic E-state index is 0.135. The molecule has 3 N–H and O–H groups in total. The zero-order chi connectivity index (χ0) is 13.3. The SMILES string of the molecule is Cc1ccc2c(c1)CCCN2C(F)(F)C(=O)NN. The van der Waals surface area contributed by atoms with Crippen molar-refractivity contribution in [3.8, 4) is 0 Å². The van der Waals surface area contributed by atoms with Gasteiger partial charge in [-0.15, -0.1) is 0 Å². The van der Waals surface area contributed by atoms with Gasteiger partial charge >= 0.3 is 12.0 Å². The molecular weight excluding hydrogens is 240 g/mol. The highest BCUT2D eigenvalue weighted by Gasteiger charge is 2.46. The van der Waals surface area contributed by atoms with E-state index in [9.17, 15) is 13.6 Å². The smallest absolute Gasteiger partial charge is 0.305 e. The minimum Gasteiger partial charge on any atom is -0.305 e. The quantitative estimate of drug-likeness (QED) is 0.363. The Morgan fingerprint density at radius 2 is 2.22 bits per heavy atom. The van der Waals surface area contributed by atoms with Gasteiger partial charge in [-0.25, -0.2) is 5.84 Å². The molecule has 0 aromatic heterocycles. The topological polar surface area (TPSA) is 58.4 Å². The molecular formula is C12H15F2N3O. The predicted molar refractivity (Wildman–Crippen MR) is 64.1 cm³/mol. The Hall–Kier alpha value is -1.69. The fourth-order valence-corrected chi connectivity index (χ4v) is 2.23. The van der Waals surface area contributed by atoms with E-state index >= 15 is 0 Å². The second kappa shape index (κ2) is 4.53. The lowest BCUT2D eigenvalue weighted by Gasteiger charge is -2.36. The Balaban J connectivity index is 2.41. The summed E-state index contributed by atoms with van der Waals surface area (Å²) in [4.78, 5) is 12.0. The average molecular weight is 255 g/mol. The van der Waals surface area contributed by atoms with E-state index in [1.165, 1.54) is 5.43 Å². The number of hydrazine groups is 1. The second-order valence-electron chi connectivity index (χ2n) is 4.40. The van der Waals surface area contributed by atoms with Crippen molar-refractivity contribution in [1.29, 1.82) is 0 Å². The van der Waals surface area contributed by atoms with Crippen LogP contribution in [0.5, 0.6) is 0 Å². The lowest BCUT2D eigenvalue weighted by molar-refractivity contribution is -0.145. The lowest BCUT2D eigenvalue weighted by atomic mass is 9.99. The van der Waals surface area contributed by atoms with Crippen molar-refractivity contribution in [1.82, 2.24) is 5.43 Å². The van der Waals surface area contributed by atoms with Crippen LogP contribution >= 0.6 is 0 Å². The van der Waals surface area contributed by atoms with E-state index in [1.807, 2.05) is 13.0 Å². The van der Waals surface area contributed by atoms with Gasteiger partial charge in [-0.3, -0.25) is 10.2 Å². The van der Waals surface area contributed by atoms with Crippen LogP contribution in [0.4, 0.5) is 14.5 Å². The van der Waals surface area contributed by atoms with Crippen LogP contribution in [-0.2, 0) is 11.2 Å². The zero-order valence-corrected chi connectivity index (χ0v) is 10.0. The molecule has 1 aromatic rings. The fraction of sp³-hybridized carbons (Fsp3) is 0.417. The Bertz CT molecular complexity index is 476. The first-order valence-electron chi connectivity index (χ1n) is 5.73. The van der Waals surface area contributed by atoms with Crippen molar-refractivity contribution >= 4 is 11.6 Å². The first-order valence-corrected chi connectivity index (χ1v) is 5.73. The van der Waals surface area contributed by atoms with E-state index in [-0.39, 0.29) is 6.54 Å². The molecule has 1 heterocycles. The van der Waals surface area contributed by atoms with E-state index < -0.39 is 12.0 Å². The largest absolute Gasteiger partial charge is 0.406 e. The van der Waals surface area contributed by atoms with Gasteiger partial charge in [0.1, 0.15) is 0 Å². The number of alkyl halides is 2. The average Bonchev–Trinajstić information content (AvgIpc) is 2.36. The first kappa shape index (κ1) is 12.8. The number of nitrogens with one attached hydrogen (secondary N) is 1. The van der Waals surface area contributed by atoms with Crippen molar-refractivity contribution < 1.29 is 13.6 Å². The van der Waals surface area contributed by atoms with E-state index in [2.05, 4.69) is 0 Å². The third-order valence-corrected chi connectivity index (χ3v) is 3.10. The molecule has 0 fully saturated rings. The molecule has 0 unspecified atom stereocenters. The van der Waals surface area contributed by atoms with Crippen molar-refractivity contribution in [2.24, 2.45) is 5.84 Å². The highest BCUT2D eigenvalue weighted by molar-refractivity contribution is 5.86. The summed E-state index contributed by atoms with van der Waals surface area (Å²) in [5, 5.41) is 0. The number of hydrogen-bond donors (Lipinski definition) is 2. The number of rotatable bonds is 2. The molecule has 2 rings (SSSR count). The van der Waals surface area contributed by atoms with Crippen LogP contribution in [0.15, 0.2) is 18.2 Å². The molecule has 6 heteroatoms. The molecule has 18 heavy (non-hydrogen) atoms. The number of amides is 1. The summed E-state index contributed by atoms with van der Waals surface area (Å²) in [7, 11) is 0. The number of hydrogen-bond acceptors (Lipinski definition) is 3. The van der Waals surface area contributed by atoms with Crippen LogP contribution in [-0.4, -0.2) is 18.5 Å². The maximum Gasteiger partial charge on any atom is 0.406 e. The van der Waals surface area contributed by atoms with Crippen molar-refractivity contribution in [3.63, 3.8) is 0 Å². The Morgan fingerprint density at radius 1 is 1.50 bits per heavy atom. The summed E-state index contributed by atoms with van der Waals surface area (Å²) in [5.74, 6) is 3.31. The van der Waals surface area contributed by atoms with Crippen LogP contribution in [0.2, 0.25) is 0 Å². The number of nitrogens with zero attached hydrogens (tertiary/aromatic N) is 1. The van der Waals surface area contributed by atoms with Gasteiger partial charge in [0.2, 0.25) is 0 Å². The predicted octanol–water partition coefficient (Wildman–Crippen LogP) is 1.33. The number of nitrogens with two attached hydrogens (primary N) is 1. The highest BCUT2D eigenvalue weighted by Crippen LogP contribution is 2.34. The molecule has 0 saturated carbocycles. The number of aryl methyl sites for hydroxylation is 2. The summed E-state index contributed by atoms with van der Waals surface area (Å²) in [6.45, 7) is 2.04. The van der Waals surface area contributed by atoms with Gasteiger partial charge in [0.05, 0.1) is 0 Å². The summed E-state index contributed by atoms with van der Waals surface area (Å²) >= 11 is 0. The van der Waals surface area contributed by atoms with Crippen LogP contribution < -0.4 is 16.2 Å². The van der Waals surface area contributed by atoms with Crippen molar-refractivity contribution in [2.45, 2.75) is 25.8 Å².